The van der Waals surface area contributed by atoms with Crippen molar-refractivity contribution in [2.24, 2.45) is 0 Å². The Bertz CT molecular complexity index is 479. The Hall–Kier alpha value is -2.38. The number of hydrogen-bond acceptors (Lipinski definition) is 4. The number of likely N-dealkylation sites (N-methyl/N-ethyl adjacent to an activating group) is 1. The van der Waals surface area contributed by atoms with E-state index in [1.165, 1.54) is 0 Å². The highest BCUT2D eigenvalue weighted by atomic mass is 16.4. The van der Waals surface area contributed by atoms with E-state index < -0.39 is 11.9 Å². The highest BCUT2D eigenvalue weighted by molar-refractivity contribution is 6.03. The number of nitrogens with zero attached hydrogens (tertiary/aromatic N) is 2. The average molecular weight is 268 g/mol. The molecule has 8 nitrogen and oxygen atoms in total. The number of carbonyl (C=O) groups excluding carboxylic acids is 2. The van der Waals surface area contributed by atoms with Crippen molar-refractivity contribution < 1.29 is 19.5 Å². The summed E-state index contributed by atoms with van der Waals surface area (Å²) in [5, 5.41) is 11.2. The van der Waals surface area contributed by atoms with Crippen molar-refractivity contribution in [3.63, 3.8) is 0 Å². The second-order valence-electron chi connectivity index (χ2n) is 3.68. The van der Waals surface area contributed by atoms with Gasteiger partial charge in [-0.15, -0.1) is 0 Å². The Morgan fingerprint density at radius 2 is 2.00 bits per heavy atom. The first-order chi connectivity index (χ1) is 9.01. The number of aromatic nitrogens is 2. The van der Waals surface area contributed by atoms with Crippen LogP contribution in [-0.4, -0.2) is 57.4 Å². The lowest BCUT2D eigenvalue weighted by Crippen LogP contribution is -2.40. The van der Waals surface area contributed by atoms with Gasteiger partial charge in [0.15, 0.2) is 11.4 Å². The van der Waals surface area contributed by atoms with Crippen molar-refractivity contribution in [3.8, 4) is 0 Å². The van der Waals surface area contributed by atoms with Gasteiger partial charge < -0.3 is 20.3 Å². The van der Waals surface area contributed by atoms with Crippen LogP contribution < -0.4 is 5.32 Å². The zero-order valence-corrected chi connectivity index (χ0v) is 10.8. The van der Waals surface area contributed by atoms with Gasteiger partial charge in [-0.1, -0.05) is 0 Å². The molecular weight excluding hydrogens is 252 g/mol. The zero-order chi connectivity index (χ0) is 14.4. The predicted molar refractivity (Wildman–Crippen MR) is 65.8 cm³/mol. The number of aromatic amines is 1. The summed E-state index contributed by atoms with van der Waals surface area (Å²) in [7, 11) is 0. The summed E-state index contributed by atoms with van der Waals surface area (Å²) in [6.07, 6.45) is 1.12. The first kappa shape index (κ1) is 14.7. The Morgan fingerprint density at radius 1 is 1.37 bits per heavy atom. The minimum atomic E-state index is -1.28. The second kappa shape index (κ2) is 6.53. The number of H-pyrrole nitrogens is 1. The number of carboxylic acid groups (broad SMARTS) is 1. The van der Waals surface area contributed by atoms with Crippen LogP contribution >= 0.6 is 0 Å². The zero-order valence-electron chi connectivity index (χ0n) is 10.8. The van der Waals surface area contributed by atoms with Crippen LogP contribution in [0.3, 0.4) is 0 Å². The van der Waals surface area contributed by atoms with Crippen molar-refractivity contribution in [2.75, 3.05) is 19.6 Å². The summed E-state index contributed by atoms with van der Waals surface area (Å²) >= 11 is 0. The van der Waals surface area contributed by atoms with E-state index in [2.05, 4.69) is 15.3 Å². The fraction of sp³-hybridized carbons (Fsp3) is 0.455. The number of hydrogen-bond donors (Lipinski definition) is 3. The van der Waals surface area contributed by atoms with Crippen molar-refractivity contribution >= 4 is 17.8 Å². The van der Waals surface area contributed by atoms with Gasteiger partial charge in [0.25, 0.3) is 5.91 Å². The smallest absolute Gasteiger partial charge is 0.354 e. The molecule has 0 saturated carbocycles. The van der Waals surface area contributed by atoms with Gasteiger partial charge in [-0.25, -0.2) is 9.78 Å². The number of amides is 2. The van der Waals surface area contributed by atoms with E-state index in [-0.39, 0.29) is 23.8 Å². The molecule has 0 atom stereocenters. The quantitative estimate of drug-likeness (QED) is 0.655. The minimum Gasteiger partial charge on any atom is -0.477 e. The number of carbonyl (C=O) groups is 3. The first-order valence-corrected chi connectivity index (χ1v) is 5.83. The molecule has 2 amide bonds. The standard InChI is InChI=1S/C11H16N4O4/c1-3-15(4-2)7(16)5-12-10(17)8-9(11(18)19)14-6-13-8/h6H,3-5H2,1-2H3,(H,12,17)(H,13,14)(H,18,19). The molecule has 0 saturated heterocycles. The Labute approximate surface area is 109 Å². The third kappa shape index (κ3) is 3.54. The van der Waals surface area contributed by atoms with Gasteiger partial charge in [-0.3, -0.25) is 9.59 Å². The third-order valence-corrected chi connectivity index (χ3v) is 2.58. The van der Waals surface area contributed by atoms with Crippen LogP contribution in [0.1, 0.15) is 34.8 Å². The van der Waals surface area contributed by atoms with Crippen LogP contribution in [0.4, 0.5) is 0 Å². The number of imidazole rings is 1. The molecule has 0 spiro atoms. The molecule has 8 heteroatoms. The van der Waals surface area contributed by atoms with E-state index in [1.54, 1.807) is 4.90 Å². The number of carboxylic acids is 1. The van der Waals surface area contributed by atoms with Gasteiger partial charge >= 0.3 is 5.97 Å². The molecular formula is C11H16N4O4. The molecule has 0 aliphatic heterocycles. The fourth-order valence-electron chi connectivity index (χ4n) is 1.56. The normalized spacial score (nSPS) is 10.0. The molecule has 1 heterocycles. The van der Waals surface area contributed by atoms with E-state index in [4.69, 9.17) is 5.11 Å². The first-order valence-electron chi connectivity index (χ1n) is 5.83. The van der Waals surface area contributed by atoms with Gasteiger partial charge in [0.2, 0.25) is 5.91 Å². The van der Waals surface area contributed by atoms with E-state index >= 15 is 0 Å². The maximum Gasteiger partial charge on any atom is 0.354 e. The fourth-order valence-corrected chi connectivity index (χ4v) is 1.56. The van der Waals surface area contributed by atoms with Crippen LogP contribution in [0.5, 0.6) is 0 Å². The Kier molecular flexibility index (Phi) is 5.04. The summed E-state index contributed by atoms with van der Waals surface area (Å²) in [4.78, 5) is 41.7. The monoisotopic (exact) mass is 268 g/mol. The topological polar surface area (TPSA) is 115 Å². The van der Waals surface area contributed by atoms with Crippen LogP contribution in [0.15, 0.2) is 6.33 Å². The van der Waals surface area contributed by atoms with Gasteiger partial charge in [0.05, 0.1) is 12.9 Å². The lowest BCUT2D eigenvalue weighted by molar-refractivity contribution is -0.129. The molecule has 0 aliphatic carbocycles. The molecule has 0 unspecified atom stereocenters. The van der Waals surface area contributed by atoms with E-state index in [9.17, 15) is 14.4 Å². The summed E-state index contributed by atoms with van der Waals surface area (Å²) in [5.41, 5.74) is -0.535. The van der Waals surface area contributed by atoms with Crippen molar-refractivity contribution in [3.05, 3.63) is 17.7 Å². The molecule has 0 radical (unpaired) electrons. The minimum absolute atomic E-state index is 0.188. The summed E-state index contributed by atoms with van der Waals surface area (Å²) in [6, 6.07) is 0. The summed E-state index contributed by atoms with van der Waals surface area (Å²) < 4.78 is 0. The van der Waals surface area contributed by atoms with Gasteiger partial charge in [-0.05, 0) is 13.8 Å². The average Bonchev–Trinajstić information content (AvgIpc) is 2.86. The van der Waals surface area contributed by atoms with Crippen molar-refractivity contribution in [1.29, 1.82) is 0 Å². The molecule has 1 aromatic heterocycles. The molecule has 104 valence electrons. The van der Waals surface area contributed by atoms with E-state index in [0.717, 1.165) is 6.33 Å². The molecule has 19 heavy (non-hydrogen) atoms. The Balaban J connectivity index is 2.63. The molecule has 0 aromatic carbocycles. The van der Waals surface area contributed by atoms with Crippen LogP contribution in [-0.2, 0) is 4.79 Å². The lowest BCUT2D eigenvalue weighted by atomic mass is 10.3. The highest BCUT2D eigenvalue weighted by Gasteiger charge is 2.20. The molecule has 0 bridgehead atoms. The largest absolute Gasteiger partial charge is 0.477 e. The van der Waals surface area contributed by atoms with E-state index in [0.29, 0.717) is 13.1 Å². The molecule has 1 aromatic rings. The highest BCUT2D eigenvalue weighted by Crippen LogP contribution is 2.02. The van der Waals surface area contributed by atoms with Crippen LogP contribution in [0.25, 0.3) is 0 Å². The van der Waals surface area contributed by atoms with Crippen molar-refractivity contribution in [1.82, 2.24) is 20.2 Å². The molecule has 3 N–H and O–H groups in total. The number of nitrogens with one attached hydrogen (secondary N) is 2. The van der Waals surface area contributed by atoms with Gasteiger partial charge in [-0.2, -0.15) is 0 Å². The second-order valence-corrected chi connectivity index (χ2v) is 3.68. The summed E-state index contributed by atoms with van der Waals surface area (Å²) in [5.74, 6) is -2.21. The summed E-state index contributed by atoms with van der Waals surface area (Å²) in [6.45, 7) is 4.58. The van der Waals surface area contributed by atoms with Gasteiger partial charge in [0.1, 0.15) is 0 Å². The van der Waals surface area contributed by atoms with Crippen molar-refractivity contribution in [2.45, 2.75) is 13.8 Å². The van der Waals surface area contributed by atoms with Crippen LogP contribution in [0.2, 0.25) is 0 Å². The molecule has 0 fully saturated rings. The maximum atomic E-state index is 11.7. The third-order valence-electron chi connectivity index (χ3n) is 2.58. The predicted octanol–water partition coefficient (Wildman–Crippen LogP) is -0.294. The SMILES string of the molecule is CCN(CC)C(=O)CNC(=O)c1nc[nH]c1C(=O)O. The van der Waals surface area contributed by atoms with Crippen LogP contribution in [0, 0.1) is 0 Å². The maximum absolute atomic E-state index is 11.7. The number of rotatable bonds is 6. The lowest BCUT2D eigenvalue weighted by Gasteiger charge is -2.18. The molecule has 1 rings (SSSR count). The molecule has 0 aliphatic rings. The Morgan fingerprint density at radius 3 is 2.53 bits per heavy atom. The van der Waals surface area contributed by atoms with E-state index in [1.807, 2.05) is 13.8 Å². The van der Waals surface area contributed by atoms with Gasteiger partial charge in [0, 0.05) is 13.1 Å². The number of aromatic carboxylic acids is 1.